The van der Waals surface area contributed by atoms with Crippen LogP contribution in [0.2, 0.25) is 0 Å². The average molecular weight is 283 g/mol. The zero-order valence-electron chi connectivity index (χ0n) is 11.6. The average Bonchev–Trinajstić information content (AvgIpc) is 2.35. The monoisotopic (exact) mass is 283 g/mol. The van der Waals surface area contributed by atoms with Crippen LogP contribution in [0.25, 0.3) is 0 Å². The molecule has 0 bridgehead atoms. The van der Waals surface area contributed by atoms with E-state index in [0.29, 0.717) is 4.90 Å². The molecule has 19 heavy (non-hydrogen) atoms. The summed E-state index contributed by atoms with van der Waals surface area (Å²) in [5.74, 6) is 0. The van der Waals surface area contributed by atoms with Gasteiger partial charge in [0, 0.05) is 32.9 Å². The highest BCUT2D eigenvalue weighted by Gasteiger charge is 2.37. The zero-order chi connectivity index (χ0) is 14.3. The van der Waals surface area contributed by atoms with E-state index in [1.807, 2.05) is 12.1 Å². The first-order valence-corrected chi connectivity index (χ1v) is 7.79. The molecule has 0 amide bonds. The number of hydrogen-bond acceptors (Lipinski definition) is 4. The Labute approximate surface area is 115 Å². The maximum Gasteiger partial charge on any atom is 0.242 e. The number of hydrogen-bond donors (Lipinski definition) is 1. The van der Waals surface area contributed by atoms with Gasteiger partial charge in [-0.1, -0.05) is 6.92 Å². The molecule has 1 aromatic rings. The summed E-state index contributed by atoms with van der Waals surface area (Å²) in [4.78, 5) is 2.48. The summed E-state index contributed by atoms with van der Waals surface area (Å²) >= 11 is 0. The number of rotatable bonds is 4. The summed E-state index contributed by atoms with van der Waals surface area (Å²) in [5.41, 5.74) is 7.06. The van der Waals surface area contributed by atoms with E-state index < -0.39 is 10.0 Å². The highest BCUT2D eigenvalue weighted by molar-refractivity contribution is 7.89. The minimum absolute atomic E-state index is 0.0889. The third kappa shape index (κ3) is 2.61. The normalized spacial score (nSPS) is 18.5. The van der Waals surface area contributed by atoms with Gasteiger partial charge in [-0.25, -0.2) is 12.7 Å². The van der Waals surface area contributed by atoms with Crippen LogP contribution in [0.1, 0.15) is 13.3 Å². The minimum atomic E-state index is -3.35. The van der Waals surface area contributed by atoms with E-state index in [1.165, 1.54) is 18.4 Å². The topological polar surface area (TPSA) is 66.6 Å². The lowest BCUT2D eigenvalue weighted by molar-refractivity contribution is 0.322. The molecule has 1 aliphatic rings. The van der Waals surface area contributed by atoms with Crippen LogP contribution in [-0.2, 0) is 10.0 Å². The third-order valence-corrected chi connectivity index (χ3v) is 5.53. The molecule has 106 valence electrons. The van der Waals surface area contributed by atoms with Gasteiger partial charge in [0.2, 0.25) is 10.0 Å². The Balaban J connectivity index is 2.13. The molecule has 2 rings (SSSR count). The Morgan fingerprint density at radius 3 is 2.21 bits per heavy atom. The van der Waals surface area contributed by atoms with Crippen molar-refractivity contribution in [3.63, 3.8) is 0 Å². The number of anilines is 1. The van der Waals surface area contributed by atoms with Gasteiger partial charge in [0.05, 0.1) is 10.4 Å². The van der Waals surface area contributed by atoms with Crippen LogP contribution in [0.3, 0.4) is 0 Å². The largest absolute Gasteiger partial charge is 0.368 e. The number of sulfonamides is 1. The lowest BCUT2D eigenvalue weighted by Gasteiger charge is -2.48. The summed E-state index contributed by atoms with van der Waals surface area (Å²) in [6.07, 6.45) is 0.955. The molecule has 1 aromatic carbocycles. The summed E-state index contributed by atoms with van der Waals surface area (Å²) in [7, 11) is -0.285. The van der Waals surface area contributed by atoms with Gasteiger partial charge < -0.3 is 10.6 Å². The molecule has 1 fully saturated rings. The fourth-order valence-corrected chi connectivity index (χ4v) is 3.06. The Hall–Kier alpha value is -1.11. The van der Waals surface area contributed by atoms with E-state index in [4.69, 9.17) is 5.73 Å². The summed E-state index contributed by atoms with van der Waals surface area (Å²) in [6, 6.07) is 6.97. The summed E-state index contributed by atoms with van der Waals surface area (Å²) < 4.78 is 25.1. The van der Waals surface area contributed by atoms with Crippen LogP contribution < -0.4 is 10.6 Å². The van der Waals surface area contributed by atoms with E-state index in [1.54, 1.807) is 12.1 Å². The van der Waals surface area contributed by atoms with Crippen LogP contribution in [0.15, 0.2) is 29.2 Å². The molecular weight excluding hydrogens is 262 g/mol. The van der Waals surface area contributed by atoms with Crippen LogP contribution in [0, 0.1) is 0 Å². The van der Waals surface area contributed by atoms with Gasteiger partial charge in [-0.15, -0.1) is 0 Å². The molecule has 0 atom stereocenters. The molecule has 0 unspecified atom stereocenters. The van der Waals surface area contributed by atoms with Gasteiger partial charge in [0.1, 0.15) is 0 Å². The van der Waals surface area contributed by atoms with Crippen molar-refractivity contribution in [2.45, 2.75) is 23.8 Å². The molecule has 0 radical (unpaired) electrons. The van der Waals surface area contributed by atoms with Crippen molar-refractivity contribution in [3.05, 3.63) is 24.3 Å². The zero-order valence-corrected chi connectivity index (χ0v) is 12.4. The molecule has 0 saturated carbocycles. The Bertz CT molecular complexity index is 546. The molecule has 1 heterocycles. The van der Waals surface area contributed by atoms with Crippen molar-refractivity contribution in [1.82, 2.24) is 4.31 Å². The Morgan fingerprint density at radius 1 is 1.26 bits per heavy atom. The Kier molecular flexibility index (Phi) is 3.59. The molecule has 5 nitrogen and oxygen atoms in total. The molecule has 0 aromatic heterocycles. The van der Waals surface area contributed by atoms with Gasteiger partial charge in [-0.2, -0.15) is 0 Å². The molecule has 0 aliphatic carbocycles. The van der Waals surface area contributed by atoms with Crippen molar-refractivity contribution < 1.29 is 8.42 Å². The summed E-state index contributed by atoms with van der Waals surface area (Å²) in [5, 5.41) is 0. The molecule has 1 aliphatic heterocycles. The van der Waals surface area contributed by atoms with Crippen LogP contribution >= 0.6 is 0 Å². The van der Waals surface area contributed by atoms with Crippen molar-refractivity contribution in [2.24, 2.45) is 5.73 Å². The van der Waals surface area contributed by atoms with Crippen molar-refractivity contribution in [3.8, 4) is 0 Å². The molecule has 6 heteroatoms. The predicted molar refractivity (Wildman–Crippen MR) is 76.7 cm³/mol. The van der Waals surface area contributed by atoms with Gasteiger partial charge >= 0.3 is 0 Å². The van der Waals surface area contributed by atoms with Crippen LogP contribution in [0.4, 0.5) is 5.69 Å². The van der Waals surface area contributed by atoms with E-state index in [9.17, 15) is 8.42 Å². The van der Waals surface area contributed by atoms with Crippen molar-refractivity contribution >= 4 is 15.7 Å². The van der Waals surface area contributed by atoms with E-state index in [0.717, 1.165) is 25.2 Å². The van der Waals surface area contributed by atoms with Gasteiger partial charge in [-0.3, -0.25) is 0 Å². The Morgan fingerprint density at radius 2 is 1.79 bits per heavy atom. The first-order chi connectivity index (χ1) is 8.78. The first kappa shape index (κ1) is 14.3. The first-order valence-electron chi connectivity index (χ1n) is 6.35. The summed E-state index contributed by atoms with van der Waals surface area (Å²) in [6.45, 7) is 3.73. The van der Waals surface area contributed by atoms with Crippen LogP contribution in [-0.4, -0.2) is 45.4 Å². The fourth-order valence-electron chi connectivity index (χ4n) is 2.16. The molecule has 1 saturated heterocycles. The van der Waals surface area contributed by atoms with Crippen LogP contribution in [0.5, 0.6) is 0 Å². The fraction of sp³-hybridized carbons (Fsp3) is 0.538. The van der Waals surface area contributed by atoms with E-state index in [-0.39, 0.29) is 5.54 Å². The quantitative estimate of drug-likeness (QED) is 0.890. The second kappa shape index (κ2) is 4.77. The second-order valence-electron chi connectivity index (χ2n) is 5.35. The highest BCUT2D eigenvalue weighted by atomic mass is 32.2. The van der Waals surface area contributed by atoms with E-state index in [2.05, 4.69) is 11.8 Å². The predicted octanol–water partition coefficient (Wildman–Crippen LogP) is 0.864. The lowest BCUT2D eigenvalue weighted by atomic mass is 9.88. The molecule has 0 spiro atoms. The highest BCUT2D eigenvalue weighted by Crippen LogP contribution is 2.29. The van der Waals surface area contributed by atoms with Crippen molar-refractivity contribution in [2.75, 3.05) is 32.1 Å². The standard InChI is InChI=1S/C13H21N3O2S/c1-4-13(14)9-16(10-13)11-5-7-12(8-6-11)19(17,18)15(2)3/h5-8H,4,9-10,14H2,1-3H3. The van der Waals surface area contributed by atoms with Gasteiger partial charge in [-0.05, 0) is 30.7 Å². The van der Waals surface area contributed by atoms with Gasteiger partial charge in [0.25, 0.3) is 0 Å². The number of benzene rings is 1. The molecular formula is C13H21N3O2S. The third-order valence-electron chi connectivity index (χ3n) is 3.70. The number of nitrogens with zero attached hydrogens (tertiary/aromatic N) is 2. The molecule has 2 N–H and O–H groups in total. The maximum absolute atomic E-state index is 11.9. The van der Waals surface area contributed by atoms with Gasteiger partial charge in [0.15, 0.2) is 0 Å². The maximum atomic E-state index is 11.9. The lowest BCUT2D eigenvalue weighted by Crippen LogP contribution is -2.67. The SMILES string of the molecule is CCC1(N)CN(c2ccc(S(=O)(=O)N(C)C)cc2)C1. The van der Waals surface area contributed by atoms with Crippen molar-refractivity contribution in [1.29, 1.82) is 0 Å². The number of nitrogens with two attached hydrogens (primary N) is 1. The van der Waals surface area contributed by atoms with E-state index >= 15 is 0 Å². The minimum Gasteiger partial charge on any atom is -0.368 e. The second-order valence-corrected chi connectivity index (χ2v) is 7.51. The smallest absolute Gasteiger partial charge is 0.242 e.